The van der Waals surface area contributed by atoms with Gasteiger partial charge in [0.05, 0.1) is 19.4 Å². The molecule has 0 unspecified atom stereocenters. The standard InChI is InChI=1S/C13H19BrN2O3/c1-9(2)16(6-7-17)13(18)15-11-8-10(14)4-5-12(11)19-3/h4-5,8-9,17H,6-7H2,1-3H3,(H,15,18). The number of hydrogen-bond acceptors (Lipinski definition) is 3. The number of amides is 2. The second-order valence-corrected chi connectivity index (χ2v) is 5.20. The summed E-state index contributed by atoms with van der Waals surface area (Å²) in [6.45, 7) is 4.02. The fraction of sp³-hybridized carbons (Fsp3) is 0.462. The largest absolute Gasteiger partial charge is 0.495 e. The second kappa shape index (κ2) is 7.35. The van der Waals surface area contributed by atoms with Crippen LogP contribution in [0.2, 0.25) is 0 Å². The molecule has 0 atom stereocenters. The first kappa shape index (κ1) is 15.8. The molecule has 106 valence electrons. The minimum Gasteiger partial charge on any atom is -0.495 e. The molecule has 0 bridgehead atoms. The molecule has 0 spiro atoms. The Labute approximate surface area is 121 Å². The van der Waals surface area contributed by atoms with Gasteiger partial charge in [-0.25, -0.2) is 4.79 Å². The summed E-state index contributed by atoms with van der Waals surface area (Å²) in [5.74, 6) is 0.587. The summed E-state index contributed by atoms with van der Waals surface area (Å²) < 4.78 is 6.05. The van der Waals surface area contributed by atoms with Crippen LogP contribution in [0, 0.1) is 0 Å². The van der Waals surface area contributed by atoms with Crippen LogP contribution in [0.4, 0.5) is 10.5 Å². The van der Waals surface area contributed by atoms with Crippen molar-refractivity contribution in [2.75, 3.05) is 25.6 Å². The van der Waals surface area contributed by atoms with Crippen molar-refractivity contribution in [1.82, 2.24) is 4.90 Å². The Morgan fingerprint density at radius 2 is 2.21 bits per heavy atom. The summed E-state index contributed by atoms with van der Waals surface area (Å²) >= 11 is 3.35. The van der Waals surface area contributed by atoms with Crippen LogP contribution in [0.3, 0.4) is 0 Å². The van der Waals surface area contributed by atoms with Gasteiger partial charge in [0.25, 0.3) is 0 Å². The van der Waals surface area contributed by atoms with E-state index in [0.29, 0.717) is 18.0 Å². The normalized spacial score (nSPS) is 10.4. The van der Waals surface area contributed by atoms with Crippen LogP contribution < -0.4 is 10.1 Å². The number of aliphatic hydroxyl groups is 1. The molecule has 19 heavy (non-hydrogen) atoms. The Kier molecular flexibility index (Phi) is 6.11. The molecule has 5 nitrogen and oxygen atoms in total. The second-order valence-electron chi connectivity index (χ2n) is 4.29. The SMILES string of the molecule is COc1ccc(Br)cc1NC(=O)N(CCO)C(C)C. The summed E-state index contributed by atoms with van der Waals surface area (Å²) in [4.78, 5) is 13.7. The fourth-order valence-corrected chi connectivity index (χ4v) is 2.03. The number of benzene rings is 1. The smallest absolute Gasteiger partial charge is 0.322 e. The third-order valence-corrected chi connectivity index (χ3v) is 3.12. The quantitative estimate of drug-likeness (QED) is 0.872. The Bertz CT molecular complexity index is 438. The lowest BCUT2D eigenvalue weighted by molar-refractivity contribution is 0.172. The van der Waals surface area contributed by atoms with Crippen LogP contribution in [-0.4, -0.2) is 42.3 Å². The van der Waals surface area contributed by atoms with Crippen LogP contribution in [0.15, 0.2) is 22.7 Å². The molecule has 1 rings (SSSR count). The third-order valence-electron chi connectivity index (χ3n) is 2.63. The molecular formula is C13H19BrN2O3. The number of ether oxygens (including phenoxy) is 1. The molecule has 1 aromatic carbocycles. The zero-order chi connectivity index (χ0) is 14.4. The first-order valence-corrected chi connectivity index (χ1v) is 6.81. The van der Waals surface area contributed by atoms with Gasteiger partial charge >= 0.3 is 6.03 Å². The number of nitrogens with one attached hydrogen (secondary N) is 1. The number of carbonyl (C=O) groups excluding carboxylic acids is 1. The molecule has 0 aliphatic carbocycles. The van der Waals surface area contributed by atoms with Crippen molar-refractivity contribution in [3.8, 4) is 5.75 Å². The third kappa shape index (κ3) is 4.40. The predicted octanol–water partition coefficient (Wildman–Crippen LogP) is 2.69. The number of nitrogens with zero attached hydrogens (tertiary/aromatic N) is 1. The summed E-state index contributed by atoms with van der Waals surface area (Å²) in [7, 11) is 1.55. The Hall–Kier alpha value is -1.27. The van der Waals surface area contributed by atoms with Crippen molar-refractivity contribution in [1.29, 1.82) is 0 Å². The van der Waals surface area contributed by atoms with Crippen molar-refractivity contribution in [2.45, 2.75) is 19.9 Å². The minimum atomic E-state index is -0.263. The van der Waals surface area contributed by atoms with Crippen LogP contribution in [-0.2, 0) is 0 Å². The fourth-order valence-electron chi connectivity index (χ4n) is 1.67. The van der Waals surface area contributed by atoms with Crippen molar-refractivity contribution < 1.29 is 14.6 Å². The molecule has 0 aliphatic rings. The number of carbonyl (C=O) groups is 1. The van der Waals surface area contributed by atoms with Gasteiger partial charge in [0.2, 0.25) is 0 Å². The van der Waals surface area contributed by atoms with E-state index in [1.165, 1.54) is 0 Å². The topological polar surface area (TPSA) is 61.8 Å². The van der Waals surface area contributed by atoms with Crippen molar-refractivity contribution >= 4 is 27.6 Å². The summed E-state index contributed by atoms with van der Waals surface area (Å²) in [6, 6.07) is 5.12. The molecule has 0 radical (unpaired) electrons. The molecule has 0 aliphatic heterocycles. The lowest BCUT2D eigenvalue weighted by Gasteiger charge is -2.26. The van der Waals surface area contributed by atoms with E-state index < -0.39 is 0 Å². The zero-order valence-corrected chi connectivity index (χ0v) is 12.9. The van der Waals surface area contributed by atoms with Gasteiger partial charge in [0, 0.05) is 17.1 Å². The lowest BCUT2D eigenvalue weighted by Crippen LogP contribution is -2.41. The van der Waals surface area contributed by atoms with Gasteiger partial charge in [-0.15, -0.1) is 0 Å². The first-order valence-electron chi connectivity index (χ1n) is 6.01. The lowest BCUT2D eigenvalue weighted by atomic mass is 10.3. The van der Waals surface area contributed by atoms with Crippen molar-refractivity contribution in [3.05, 3.63) is 22.7 Å². The maximum absolute atomic E-state index is 12.2. The van der Waals surface area contributed by atoms with E-state index in [0.717, 1.165) is 4.47 Å². The van der Waals surface area contributed by atoms with E-state index in [1.54, 1.807) is 24.1 Å². The molecule has 0 saturated carbocycles. The molecule has 0 fully saturated rings. The van der Waals surface area contributed by atoms with Crippen molar-refractivity contribution in [3.63, 3.8) is 0 Å². The molecule has 0 saturated heterocycles. The molecular weight excluding hydrogens is 312 g/mol. The number of rotatable bonds is 5. The van der Waals surface area contributed by atoms with Gasteiger partial charge in [-0.3, -0.25) is 0 Å². The van der Waals surface area contributed by atoms with Gasteiger partial charge in [-0.2, -0.15) is 0 Å². The van der Waals surface area contributed by atoms with Crippen molar-refractivity contribution in [2.24, 2.45) is 0 Å². The number of methoxy groups -OCH3 is 1. The summed E-state index contributed by atoms with van der Waals surface area (Å²) in [6.07, 6.45) is 0. The highest BCUT2D eigenvalue weighted by atomic mass is 79.9. The number of aliphatic hydroxyl groups excluding tert-OH is 1. The van der Waals surface area contributed by atoms with E-state index >= 15 is 0 Å². The van der Waals surface area contributed by atoms with E-state index in [9.17, 15) is 4.79 Å². The summed E-state index contributed by atoms with van der Waals surface area (Å²) in [5, 5.41) is 11.8. The molecule has 0 heterocycles. The average molecular weight is 331 g/mol. The van der Waals surface area contributed by atoms with Crippen LogP contribution in [0.1, 0.15) is 13.8 Å². The molecule has 2 amide bonds. The molecule has 0 aromatic heterocycles. The van der Waals surface area contributed by atoms with Gasteiger partial charge in [0.1, 0.15) is 5.75 Å². The maximum Gasteiger partial charge on any atom is 0.322 e. The number of anilines is 1. The monoisotopic (exact) mass is 330 g/mol. The van der Waals surface area contributed by atoms with Gasteiger partial charge in [0.15, 0.2) is 0 Å². The summed E-state index contributed by atoms with van der Waals surface area (Å²) in [5.41, 5.74) is 0.588. The predicted molar refractivity (Wildman–Crippen MR) is 78.6 cm³/mol. The Balaban J connectivity index is 2.88. The number of hydrogen-bond donors (Lipinski definition) is 2. The Morgan fingerprint density at radius 1 is 1.53 bits per heavy atom. The van der Waals surface area contributed by atoms with Gasteiger partial charge in [-0.05, 0) is 32.0 Å². The molecule has 6 heteroatoms. The molecule has 2 N–H and O–H groups in total. The first-order chi connectivity index (χ1) is 8.99. The Morgan fingerprint density at radius 3 is 2.74 bits per heavy atom. The van der Waals surface area contributed by atoms with Crippen LogP contribution in [0.5, 0.6) is 5.75 Å². The zero-order valence-electron chi connectivity index (χ0n) is 11.3. The minimum absolute atomic E-state index is 0.00491. The van der Waals surface area contributed by atoms with Crippen LogP contribution in [0.25, 0.3) is 0 Å². The molecule has 1 aromatic rings. The highest BCUT2D eigenvalue weighted by molar-refractivity contribution is 9.10. The van der Waals surface area contributed by atoms with Gasteiger partial charge < -0.3 is 20.1 Å². The van der Waals surface area contributed by atoms with Crippen LogP contribution >= 0.6 is 15.9 Å². The van der Waals surface area contributed by atoms with Gasteiger partial charge in [-0.1, -0.05) is 15.9 Å². The average Bonchev–Trinajstić information content (AvgIpc) is 2.35. The highest BCUT2D eigenvalue weighted by Crippen LogP contribution is 2.28. The van der Waals surface area contributed by atoms with E-state index in [2.05, 4.69) is 21.2 Å². The number of halogens is 1. The van der Waals surface area contributed by atoms with E-state index in [1.807, 2.05) is 19.9 Å². The highest BCUT2D eigenvalue weighted by Gasteiger charge is 2.17. The maximum atomic E-state index is 12.2. The number of urea groups is 1. The van der Waals surface area contributed by atoms with E-state index in [-0.39, 0.29) is 18.7 Å². The van der Waals surface area contributed by atoms with E-state index in [4.69, 9.17) is 9.84 Å².